The van der Waals surface area contributed by atoms with Crippen molar-refractivity contribution in [1.29, 1.82) is 0 Å². The van der Waals surface area contributed by atoms with Crippen LogP contribution in [0.2, 0.25) is 0 Å². The average Bonchev–Trinajstić information content (AvgIpc) is 3.58. The number of Topliss-reactive ketones (excluding diaryl/α,β-unsaturated/α-hetero) is 1. The zero-order chi connectivity index (χ0) is 23.9. The smallest absolute Gasteiger partial charge is 0.152 e. The van der Waals surface area contributed by atoms with E-state index < -0.39 is 12.0 Å². The lowest BCUT2D eigenvalue weighted by Gasteiger charge is -2.43. The SMILES string of the molecule is O=C1CC(N2CCOCC2)OC2C1SCC2C1CCC(NC2NCCC(N3CC3C(=O)[O-])N2)CC1. The Morgan fingerprint density at radius 1 is 1.14 bits per heavy atom. The number of rotatable bonds is 6. The van der Waals surface area contributed by atoms with E-state index in [-0.39, 0.29) is 30.0 Å². The number of hydrogen-bond acceptors (Lipinski definition) is 11. The standard InChI is InChI=1S/C24H39N5O5S/c30-18-11-20(28-7-9-33-10-8-28)34-21-16(13-35-22(18)21)14-1-3-15(4-2-14)26-24-25-6-5-19(27-24)29-12-17(29)23(31)32/h14-17,19-22,24-27H,1-13H2,(H,31,32)/p-1. The van der Waals surface area contributed by atoms with E-state index in [2.05, 4.69) is 20.9 Å². The number of thioether (sulfide) groups is 1. The van der Waals surface area contributed by atoms with E-state index >= 15 is 0 Å². The largest absolute Gasteiger partial charge is 0.548 e. The van der Waals surface area contributed by atoms with E-state index in [1.54, 1.807) is 0 Å². The molecule has 10 nitrogen and oxygen atoms in total. The van der Waals surface area contributed by atoms with Crippen molar-refractivity contribution in [3.8, 4) is 0 Å². The third kappa shape index (κ3) is 5.29. The number of carbonyl (C=O) groups excluding carboxylic acids is 2. The second-order valence-corrected chi connectivity index (χ2v) is 12.1. The van der Waals surface area contributed by atoms with Crippen LogP contribution in [0.15, 0.2) is 0 Å². The highest BCUT2D eigenvalue weighted by Gasteiger charge is 2.50. The Balaban J connectivity index is 0.991. The quantitative estimate of drug-likeness (QED) is 0.364. The van der Waals surface area contributed by atoms with Gasteiger partial charge < -0.3 is 19.4 Å². The number of morpholine rings is 1. The molecule has 8 unspecified atom stereocenters. The molecule has 6 rings (SSSR count). The Morgan fingerprint density at radius 3 is 2.69 bits per heavy atom. The number of hydrogen-bond donors (Lipinski definition) is 3. The van der Waals surface area contributed by atoms with Gasteiger partial charge >= 0.3 is 0 Å². The lowest BCUT2D eigenvalue weighted by molar-refractivity contribution is -0.306. The number of nitrogens with one attached hydrogen (secondary N) is 3. The van der Waals surface area contributed by atoms with Gasteiger partial charge in [-0.3, -0.25) is 30.5 Å². The Kier molecular flexibility index (Phi) is 7.38. The normalized spacial score (nSPS) is 46.8. The number of carboxylic acid groups (broad SMARTS) is 1. The third-order valence-electron chi connectivity index (χ3n) is 8.88. The molecule has 11 heteroatoms. The van der Waals surface area contributed by atoms with Gasteiger partial charge in [0, 0.05) is 38.6 Å². The van der Waals surface area contributed by atoms with Crippen molar-refractivity contribution >= 4 is 23.5 Å². The van der Waals surface area contributed by atoms with Crippen molar-refractivity contribution in [3.05, 3.63) is 0 Å². The van der Waals surface area contributed by atoms with Crippen molar-refractivity contribution in [2.75, 3.05) is 45.1 Å². The molecule has 1 aliphatic carbocycles. The number of ether oxygens (including phenoxy) is 2. The van der Waals surface area contributed by atoms with Crippen molar-refractivity contribution in [2.45, 2.75) is 80.6 Å². The van der Waals surface area contributed by atoms with Crippen LogP contribution in [-0.2, 0) is 19.1 Å². The minimum absolute atomic E-state index is 0.00157. The monoisotopic (exact) mass is 508 g/mol. The molecule has 0 amide bonds. The van der Waals surface area contributed by atoms with Crippen LogP contribution in [0.3, 0.4) is 0 Å². The molecule has 0 bridgehead atoms. The maximum absolute atomic E-state index is 12.9. The van der Waals surface area contributed by atoms with Gasteiger partial charge in [-0.25, -0.2) is 0 Å². The molecule has 0 aromatic rings. The van der Waals surface area contributed by atoms with Gasteiger partial charge in [0.25, 0.3) is 0 Å². The molecule has 0 spiro atoms. The van der Waals surface area contributed by atoms with Crippen molar-refractivity contribution < 1.29 is 24.2 Å². The van der Waals surface area contributed by atoms with E-state index in [1.165, 1.54) is 0 Å². The second kappa shape index (κ2) is 10.5. The van der Waals surface area contributed by atoms with Crippen molar-refractivity contribution in [2.24, 2.45) is 11.8 Å². The van der Waals surface area contributed by atoms with Crippen LogP contribution < -0.4 is 21.1 Å². The van der Waals surface area contributed by atoms with E-state index in [0.29, 0.717) is 36.6 Å². The van der Waals surface area contributed by atoms with Crippen LogP contribution in [0.1, 0.15) is 38.5 Å². The van der Waals surface area contributed by atoms with Crippen molar-refractivity contribution in [3.63, 3.8) is 0 Å². The maximum Gasteiger partial charge on any atom is 0.152 e. The lowest BCUT2D eigenvalue weighted by Crippen LogP contribution is -2.64. The second-order valence-electron chi connectivity index (χ2n) is 11.0. The highest BCUT2D eigenvalue weighted by atomic mass is 32.2. The van der Waals surface area contributed by atoms with Crippen LogP contribution in [0.5, 0.6) is 0 Å². The van der Waals surface area contributed by atoms with E-state index in [0.717, 1.165) is 70.7 Å². The molecule has 6 fully saturated rings. The summed E-state index contributed by atoms with van der Waals surface area (Å²) in [5.41, 5.74) is 0. The van der Waals surface area contributed by atoms with Gasteiger partial charge in [-0.2, -0.15) is 0 Å². The Hall–Kier alpha value is -0.790. The fraction of sp³-hybridized carbons (Fsp3) is 0.917. The summed E-state index contributed by atoms with van der Waals surface area (Å²) in [5, 5.41) is 21.9. The van der Waals surface area contributed by atoms with E-state index in [9.17, 15) is 14.7 Å². The van der Waals surface area contributed by atoms with Crippen molar-refractivity contribution in [1.82, 2.24) is 25.8 Å². The molecule has 5 heterocycles. The molecule has 5 aliphatic heterocycles. The molecule has 196 valence electrons. The van der Waals surface area contributed by atoms with E-state index in [1.807, 2.05) is 16.7 Å². The summed E-state index contributed by atoms with van der Waals surface area (Å²) < 4.78 is 12.1. The summed E-state index contributed by atoms with van der Waals surface area (Å²) in [4.78, 5) is 28.3. The molecular weight excluding hydrogens is 470 g/mol. The topological polar surface area (TPSA) is 118 Å². The zero-order valence-electron chi connectivity index (χ0n) is 20.2. The van der Waals surface area contributed by atoms with Gasteiger partial charge in [0.2, 0.25) is 0 Å². The Bertz CT molecular complexity index is 792. The van der Waals surface area contributed by atoms with Crippen LogP contribution in [-0.4, -0.2) is 109 Å². The van der Waals surface area contributed by atoms with Gasteiger partial charge in [-0.1, -0.05) is 0 Å². The molecule has 6 aliphatic rings. The summed E-state index contributed by atoms with van der Waals surface area (Å²) in [6.45, 7) is 4.57. The summed E-state index contributed by atoms with van der Waals surface area (Å²) in [7, 11) is 0. The molecular formula is C24H38N5O5S-. The average molecular weight is 509 g/mol. The van der Waals surface area contributed by atoms with Crippen LogP contribution in [0, 0.1) is 11.8 Å². The number of aliphatic carboxylic acids is 1. The van der Waals surface area contributed by atoms with Gasteiger partial charge in [0.1, 0.15) is 12.5 Å². The molecule has 35 heavy (non-hydrogen) atoms. The predicted molar refractivity (Wildman–Crippen MR) is 128 cm³/mol. The number of ketones is 1. The Labute approximate surface area is 211 Å². The predicted octanol–water partition coefficient (Wildman–Crippen LogP) is -1.49. The minimum Gasteiger partial charge on any atom is -0.548 e. The summed E-state index contributed by atoms with van der Waals surface area (Å²) in [6.07, 6.45) is 5.99. The fourth-order valence-corrected chi connectivity index (χ4v) is 8.43. The minimum atomic E-state index is -0.972. The number of carboxylic acids is 1. The molecule has 3 N–H and O–H groups in total. The molecule has 5 saturated heterocycles. The number of nitrogens with zero attached hydrogens (tertiary/aromatic N) is 2. The summed E-state index contributed by atoms with van der Waals surface area (Å²) >= 11 is 1.82. The number of fused-ring (bicyclic) bond motifs is 1. The van der Waals surface area contributed by atoms with Gasteiger partial charge in [-0.15, -0.1) is 11.8 Å². The Morgan fingerprint density at radius 2 is 1.94 bits per heavy atom. The first-order chi connectivity index (χ1) is 17.1. The van der Waals surface area contributed by atoms with E-state index in [4.69, 9.17) is 9.47 Å². The van der Waals surface area contributed by atoms with Crippen LogP contribution in [0.25, 0.3) is 0 Å². The third-order valence-corrected chi connectivity index (χ3v) is 10.3. The fourth-order valence-electron chi connectivity index (χ4n) is 6.80. The van der Waals surface area contributed by atoms with Gasteiger partial charge in [0.05, 0.1) is 42.7 Å². The maximum atomic E-state index is 12.9. The highest BCUT2D eigenvalue weighted by molar-refractivity contribution is 8.01. The molecule has 0 radical (unpaired) electrons. The highest BCUT2D eigenvalue weighted by Crippen LogP contribution is 2.46. The first-order valence-electron chi connectivity index (χ1n) is 13.4. The number of carbonyl (C=O) groups is 2. The van der Waals surface area contributed by atoms with Crippen LogP contribution in [0.4, 0.5) is 0 Å². The first-order valence-corrected chi connectivity index (χ1v) is 14.5. The van der Waals surface area contributed by atoms with Gasteiger partial charge in [0.15, 0.2) is 5.78 Å². The molecule has 1 saturated carbocycles. The zero-order valence-corrected chi connectivity index (χ0v) is 21.0. The molecule has 0 aromatic carbocycles. The molecule has 0 aromatic heterocycles. The van der Waals surface area contributed by atoms with Gasteiger partial charge in [-0.05, 0) is 49.7 Å². The van der Waals surface area contributed by atoms with Crippen LogP contribution >= 0.6 is 11.8 Å². The molecule has 8 atom stereocenters. The summed E-state index contributed by atoms with van der Waals surface area (Å²) in [6, 6.07) is -0.00692. The lowest BCUT2D eigenvalue weighted by atomic mass is 9.75. The first kappa shape index (κ1) is 24.5. The summed E-state index contributed by atoms with van der Waals surface area (Å²) in [5.74, 6) is 1.49.